The van der Waals surface area contributed by atoms with Crippen molar-refractivity contribution in [1.29, 1.82) is 5.26 Å². The zero-order valence-corrected chi connectivity index (χ0v) is 8.96. The van der Waals surface area contributed by atoms with Crippen LogP contribution in [0.3, 0.4) is 0 Å². The van der Waals surface area contributed by atoms with Gasteiger partial charge in [0.2, 0.25) is 0 Å². The van der Waals surface area contributed by atoms with E-state index in [1.54, 1.807) is 0 Å². The number of nitrogens with one attached hydrogen (secondary N) is 1. The molecule has 14 heavy (non-hydrogen) atoms. The highest BCUT2D eigenvalue weighted by molar-refractivity contribution is 5.33. The molecule has 0 aromatic heterocycles. The van der Waals surface area contributed by atoms with Gasteiger partial charge in [-0.3, -0.25) is 0 Å². The molecule has 0 spiro atoms. The summed E-state index contributed by atoms with van der Waals surface area (Å²) in [6.07, 6.45) is 0.514. The molecule has 2 nitrogen and oxygen atoms in total. The lowest BCUT2D eigenvalue weighted by Crippen LogP contribution is -2.16. The van der Waals surface area contributed by atoms with Gasteiger partial charge in [-0.2, -0.15) is 5.26 Å². The second-order valence-corrected chi connectivity index (χ2v) is 3.56. The molecule has 0 saturated heterocycles. The molecule has 0 amide bonds. The Morgan fingerprint density at radius 2 is 2.14 bits per heavy atom. The smallest absolute Gasteiger partial charge is 0.0641 e. The molecule has 1 aromatic rings. The Morgan fingerprint density at radius 1 is 1.43 bits per heavy atom. The zero-order valence-electron chi connectivity index (χ0n) is 8.96. The van der Waals surface area contributed by atoms with Crippen LogP contribution in [0.1, 0.15) is 29.2 Å². The summed E-state index contributed by atoms with van der Waals surface area (Å²) in [5, 5.41) is 11.8. The fraction of sp³-hybridized carbons (Fsp3) is 0.417. The lowest BCUT2D eigenvalue weighted by Gasteiger charge is -2.16. The van der Waals surface area contributed by atoms with Crippen molar-refractivity contribution in [2.24, 2.45) is 0 Å². The van der Waals surface area contributed by atoms with E-state index in [-0.39, 0.29) is 6.04 Å². The molecule has 1 aromatic carbocycles. The van der Waals surface area contributed by atoms with Crippen molar-refractivity contribution in [3.8, 4) is 6.07 Å². The van der Waals surface area contributed by atoms with Gasteiger partial charge in [0, 0.05) is 6.04 Å². The minimum absolute atomic E-state index is 0.153. The molecule has 0 bridgehead atoms. The third-order valence-corrected chi connectivity index (χ3v) is 2.44. The van der Waals surface area contributed by atoms with Crippen LogP contribution in [0.5, 0.6) is 0 Å². The molecular formula is C12H16N2. The Labute approximate surface area is 85.6 Å². The van der Waals surface area contributed by atoms with Crippen molar-refractivity contribution < 1.29 is 0 Å². The monoisotopic (exact) mass is 188 g/mol. The fourth-order valence-corrected chi connectivity index (χ4v) is 1.68. The first-order valence-corrected chi connectivity index (χ1v) is 4.80. The number of rotatable bonds is 3. The summed E-state index contributed by atoms with van der Waals surface area (Å²) >= 11 is 0. The SMILES string of the molecule is CNC(CC#N)c1ccc(C)cc1C. The molecule has 2 heteroatoms. The van der Waals surface area contributed by atoms with Crippen LogP contribution in [0.25, 0.3) is 0 Å². The van der Waals surface area contributed by atoms with Crippen LogP contribution < -0.4 is 5.32 Å². The molecule has 1 N–H and O–H groups in total. The highest BCUT2D eigenvalue weighted by Gasteiger charge is 2.10. The van der Waals surface area contributed by atoms with Crippen LogP contribution in [0.4, 0.5) is 0 Å². The van der Waals surface area contributed by atoms with Gasteiger partial charge in [-0.05, 0) is 32.0 Å². The maximum absolute atomic E-state index is 8.68. The molecule has 0 aliphatic rings. The van der Waals surface area contributed by atoms with E-state index in [2.05, 4.69) is 43.4 Å². The van der Waals surface area contributed by atoms with E-state index in [1.807, 2.05) is 7.05 Å². The molecule has 0 heterocycles. The Balaban J connectivity index is 2.99. The summed E-state index contributed by atoms with van der Waals surface area (Å²) in [4.78, 5) is 0. The lowest BCUT2D eigenvalue weighted by molar-refractivity contribution is 0.605. The van der Waals surface area contributed by atoms with E-state index in [9.17, 15) is 0 Å². The van der Waals surface area contributed by atoms with Gasteiger partial charge in [0.25, 0.3) is 0 Å². The van der Waals surface area contributed by atoms with E-state index in [4.69, 9.17) is 5.26 Å². The molecule has 0 fully saturated rings. The minimum Gasteiger partial charge on any atom is -0.312 e. The second kappa shape index (κ2) is 4.78. The predicted molar refractivity (Wildman–Crippen MR) is 57.9 cm³/mol. The van der Waals surface area contributed by atoms with E-state index in [0.29, 0.717) is 6.42 Å². The Bertz CT molecular complexity index is 350. The molecule has 1 atom stereocenters. The maximum Gasteiger partial charge on any atom is 0.0641 e. The quantitative estimate of drug-likeness (QED) is 0.791. The summed E-state index contributed by atoms with van der Waals surface area (Å²) in [6, 6.07) is 8.69. The van der Waals surface area contributed by atoms with Gasteiger partial charge in [0.15, 0.2) is 0 Å². The molecule has 0 aliphatic carbocycles. The van der Waals surface area contributed by atoms with E-state index >= 15 is 0 Å². The first kappa shape index (κ1) is 10.7. The highest BCUT2D eigenvalue weighted by atomic mass is 14.9. The van der Waals surface area contributed by atoms with Crippen molar-refractivity contribution in [3.05, 3.63) is 34.9 Å². The Hall–Kier alpha value is -1.33. The van der Waals surface area contributed by atoms with Gasteiger partial charge >= 0.3 is 0 Å². The molecule has 0 aliphatic heterocycles. The number of benzene rings is 1. The number of nitrogens with zero attached hydrogens (tertiary/aromatic N) is 1. The van der Waals surface area contributed by atoms with Crippen LogP contribution in [-0.4, -0.2) is 7.05 Å². The number of aryl methyl sites for hydroxylation is 2. The van der Waals surface area contributed by atoms with Gasteiger partial charge < -0.3 is 5.32 Å². The van der Waals surface area contributed by atoms with Crippen LogP contribution >= 0.6 is 0 Å². The summed E-state index contributed by atoms with van der Waals surface area (Å²) in [6.45, 7) is 4.17. The van der Waals surface area contributed by atoms with Crippen LogP contribution in [-0.2, 0) is 0 Å². The van der Waals surface area contributed by atoms with Crippen molar-refractivity contribution in [2.45, 2.75) is 26.3 Å². The largest absolute Gasteiger partial charge is 0.312 e. The topological polar surface area (TPSA) is 35.8 Å². The fourth-order valence-electron chi connectivity index (χ4n) is 1.68. The van der Waals surface area contributed by atoms with Gasteiger partial charge in [0.05, 0.1) is 12.5 Å². The van der Waals surface area contributed by atoms with Gasteiger partial charge in [-0.15, -0.1) is 0 Å². The Kier molecular flexibility index (Phi) is 3.67. The summed E-state index contributed by atoms with van der Waals surface area (Å²) in [5.41, 5.74) is 3.73. The average Bonchev–Trinajstić information content (AvgIpc) is 2.15. The lowest BCUT2D eigenvalue weighted by atomic mass is 9.98. The first-order valence-electron chi connectivity index (χ1n) is 4.80. The standard InChI is InChI=1S/C12H16N2/c1-9-4-5-11(10(2)8-9)12(14-3)6-7-13/h4-5,8,12,14H,6H2,1-3H3. The summed E-state index contributed by atoms with van der Waals surface area (Å²) in [5.74, 6) is 0. The van der Waals surface area contributed by atoms with Crippen molar-refractivity contribution in [2.75, 3.05) is 7.05 Å². The molecule has 0 saturated carbocycles. The van der Waals surface area contributed by atoms with E-state index in [0.717, 1.165) is 0 Å². The molecular weight excluding hydrogens is 172 g/mol. The second-order valence-electron chi connectivity index (χ2n) is 3.56. The molecule has 1 rings (SSSR count). The van der Waals surface area contributed by atoms with E-state index < -0.39 is 0 Å². The van der Waals surface area contributed by atoms with Gasteiger partial charge in [-0.25, -0.2) is 0 Å². The molecule has 74 valence electrons. The van der Waals surface area contributed by atoms with E-state index in [1.165, 1.54) is 16.7 Å². The maximum atomic E-state index is 8.68. The zero-order chi connectivity index (χ0) is 10.6. The van der Waals surface area contributed by atoms with Gasteiger partial charge in [0.1, 0.15) is 0 Å². The normalized spacial score (nSPS) is 12.1. The number of nitriles is 1. The molecule has 0 radical (unpaired) electrons. The summed E-state index contributed by atoms with van der Waals surface area (Å²) < 4.78 is 0. The van der Waals surface area contributed by atoms with Crippen molar-refractivity contribution in [1.82, 2.24) is 5.32 Å². The van der Waals surface area contributed by atoms with Crippen molar-refractivity contribution in [3.63, 3.8) is 0 Å². The molecule has 1 unspecified atom stereocenters. The third kappa shape index (κ3) is 2.34. The van der Waals surface area contributed by atoms with Crippen LogP contribution in [0, 0.1) is 25.2 Å². The predicted octanol–water partition coefficient (Wildman–Crippen LogP) is 2.48. The van der Waals surface area contributed by atoms with Crippen LogP contribution in [0.15, 0.2) is 18.2 Å². The highest BCUT2D eigenvalue weighted by Crippen LogP contribution is 2.20. The number of hydrogen-bond acceptors (Lipinski definition) is 2. The first-order chi connectivity index (χ1) is 6.69. The van der Waals surface area contributed by atoms with Crippen molar-refractivity contribution >= 4 is 0 Å². The average molecular weight is 188 g/mol. The number of hydrogen-bond donors (Lipinski definition) is 1. The Morgan fingerprint density at radius 3 is 2.64 bits per heavy atom. The van der Waals surface area contributed by atoms with Gasteiger partial charge in [-0.1, -0.05) is 23.8 Å². The third-order valence-electron chi connectivity index (χ3n) is 2.44. The summed E-state index contributed by atoms with van der Waals surface area (Å²) in [7, 11) is 1.89. The minimum atomic E-state index is 0.153. The van der Waals surface area contributed by atoms with Crippen LogP contribution in [0.2, 0.25) is 0 Å².